The molecular weight excluding hydrogens is 452 g/mol. The Morgan fingerprint density at radius 2 is 1.75 bits per heavy atom. The van der Waals surface area contributed by atoms with Crippen molar-refractivity contribution in [1.82, 2.24) is 15.1 Å². The van der Waals surface area contributed by atoms with Gasteiger partial charge in [-0.25, -0.2) is 4.79 Å². The lowest BCUT2D eigenvalue weighted by atomic mass is 9.82. The highest BCUT2D eigenvalue weighted by atomic mass is 16.3. The van der Waals surface area contributed by atoms with E-state index in [1.807, 2.05) is 55.5 Å². The number of rotatable bonds is 6. The molecule has 1 saturated carbocycles. The summed E-state index contributed by atoms with van der Waals surface area (Å²) in [5, 5.41) is 21.1. The fraction of sp³-hybridized carbons (Fsp3) is 0.207. The highest BCUT2D eigenvalue weighted by molar-refractivity contribution is 6.04. The molecule has 2 amide bonds. The molecule has 5 rings (SSSR count). The van der Waals surface area contributed by atoms with Gasteiger partial charge in [-0.05, 0) is 55.7 Å². The number of phenols is 1. The molecule has 1 aliphatic rings. The van der Waals surface area contributed by atoms with Crippen LogP contribution in [0.5, 0.6) is 5.75 Å². The zero-order valence-electron chi connectivity index (χ0n) is 20.1. The second kappa shape index (κ2) is 10.1. The summed E-state index contributed by atoms with van der Waals surface area (Å²) >= 11 is 0. The largest absolute Gasteiger partial charge is 0.507 e. The standard InChI is InChI=1S/C29H28N4O3/c1-19-10-12-22(13-11-19)28(35)31-23-14-15-24(27(34)16-23)25-17-26(21-8-5-9-21)33(32-25)29(36)30-18-20-6-3-2-4-7-20/h2-4,6-7,10-17,21,34H,5,8-9,18H2,1H3,(H,30,36)(H,31,35). The summed E-state index contributed by atoms with van der Waals surface area (Å²) in [6.07, 6.45) is 3.14. The van der Waals surface area contributed by atoms with Crippen molar-refractivity contribution in [2.24, 2.45) is 0 Å². The van der Waals surface area contributed by atoms with E-state index in [9.17, 15) is 14.7 Å². The highest BCUT2D eigenvalue weighted by Crippen LogP contribution is 2.39. The topological polar surface area (TPSA) is 96.3 Å². The number of carbonyl (C=O) groups is 2. The zero-order chi connectivity index (χ0) is 25.1. The van der Waals surface area contributed by atoms with Crippen molar-refractivity contribution in [3.63, 3.8) is 0 Å². The Hall–Kier alpha value is -4.39. The zero-order valence-corrected chi connectivity index (χ0v) is 20.1. The van der Waals surface area contributed by atoms with Gasteiger partial charge < -0.3 is 15.7 Å². The number of hydrogen-bond donors (Lipinski definition) is 3. The molecule has 0 aliphatic heterocycles. The van der Waals surface area contributed by atoms with Gasteiger partial charge in [-0.15, -0.1) is 0 Å². The first kappa shape index (κ1) is 23.4. The average Bonchev–Trinajstić information content (AvgIpc) is 3.27. The number of aryl methyl sites for hydroxylation is 1. The van der Waals surface area contributed by atoms with Crippen molar-refractivity contribution in [3.05, 3.63) is 101 Å². The molecule has 0 bridgehead atoms. The molecular formula is C29H28N4O3. The number of benzene rings is 3. The van der Waals surface area contributed by atoms with Crippen LogP contribution < -0.4 is 10.6 Å². The molecule has 0 spiro atoms. The van der Waals surface area contributed by atoms with Crippen LogP contribution in [0.3, 0.4) is 0 Å². The number of amides is 2. The van der Waals surface area contributed by atoms with E-state index in [1.54, 1.807) is 24.3 Å². The van der Waals surface area contributed by atoms with Crippen LogP contribution >= 0.6 is 0 Å². The van der Waals surface area contributed by atoms with Crippen molar-refractivity contribution in [1.29, 1.82) is 0 Å². The van der Waals surface area contributed by atoms with Crippen LogP contribution in [0.1, 0.15) is 52.4 Å². The van der Waals surface area contributed by atoms with Crippen molar-refractivity contribution >= 4 is 17.6 Å². The molecule has 7 nitrogen and oxygen atoms in total. The number of aromatic hydroxyl groups is 1. The average molecular weight is 481 g/mol. The monoisotopic (exact) mass is 480 g/mol. The van der Waals surface area contributed by atoms with E-state index in [0.29, 0.717) is 29.1 Å². The van der Waals surface area contributed by atoms with E-state index in [-0.39, 0.29) is 23.6 Å². The first-order chi connectivity index (χ1) is 17.5. The van der Waals surface area contributed by atoms with Crippen molar-refractivity contribution in [2.75, 3.05) is 5.32 Å². The van der Waals surface area contributed by atoms with Gasteiger partial charge in [0, 0.05) is 35.3 Å². The predicted molar refractivity (Wildman–Crippen MR) is 139 cm³/mol. The van der Waals surface area contributed by atoms with Gasteiger partial charge in [0.25, 0.3) is 5.91 Å². The number of nitrogens with one attached hydrogen (secondary N) is 2. The van der Waals surface area contributed by atoms with Crippen LogP contribution in [0.15, 0.2) is 78.9 Å². The predicted octanol–water partition coefficient (Wildman–Crippen LogP) is 5.84. The van der Waals surface area contributed by atoms with Gasteiger partial charge in [-0.2, -0.15) is 9.78 Å². The van der Waals surface area contributed by atoms with Crippen molar-refractivity contribution < 1.29 is 14.7 Å². The molecule has 7 heteroatoms. The second-order valence-electron chi connectivity index (χ2n) is 9.19. The Morgan fingerprint density at radius 3 is 2.42 bits per heavy atom. The van der Waals surface area contributed by atoms with Gasteiger partial charge in [-0.3, -0.25) is 4.79 Å². The van der Waals surface area contributed by atoms with Crippen LogP contribution in [0.4, 0.5) is 10.5 Å². The molecule has 1 fully saturated rings. The van der Waals surface area contributed by atoms with Gasteiger partial charge in [-0.1, -0.05) is 54.4 Å². The first-order valence-electron chi connectivity index (χ1n) is 12.1. The highest BCUT2D eigenvalue weighted by Gasteiger charge is 2.27. The lowest BCUT2D eigenvalue weighted by Gasteiger charge is -2.25. The normalized spacial score (nSPS) is 13.1. The molecule has 1 heterocycles. The molecule has 1 aromatic heterocycles. The number of phenolic OH excluding ortho intramolecular Hbond substituents is 1. The molecule has 182 valence electrons. The Kier molecular flexibility index (Phi) is 6.54. The van der Waals surface area contributed by atoms with E-state index in [1.165, 1.54) is 10.7 Å². The smallest absolute Gasteiger partial charge is 0.342 e. The Morgan fingerprint density at radius 1 is 1.00 bits per heavy atom. The SMILES string of the molecule is Cc1ccc(C(=O)Nc2ccc(-c3cc(C4CCC4)n(C(=O)NCc4ccccc4)n3)c(O)c2)cc1. The molecule has 0 saturated heterocycles. The number of anilines is 1. The molecule has 4 aromatic rings. The van der Waals surface area contributed by atoms with Gasteiger partial charge in [0.2, 0.25) is 0 Å². The van der Waals surface area contributed by atoms with E-state index >= 15 is 0 Å². The minimum atomic E-state index is -0.298. The van der Waals surface area contributed by atoms with Crippen LogP contribution in [0, 0.1) is 6.92 Å². The molecule has 0 radical (unpaired) electrons. The molecule has 0 atom stereocenters. The van der Waals surface area contributed by atoms with Crippen LogP contribution in [-0.4, -0.2) is 26.8 Å². The third-order valence-corrected chi connectivity index (χ3v) is 6.58. The van der Waals surface area contributed by atoms with Gasteiger partial charge in [0.05, 0.1) is 11.4 Å². The number of hydrogen-bond acceptors (Lipinski definition) is 4. The van der Waals surface area contributed by atoms with E-state index in [4.69, 9.17) is 0 Å². The number of aromatic nitrogens is 2. The van der Waals surface area contributed by atoms with E-state index < -0.39 is 0 Å². The Labute approximate surface area is 209 Å². The molecule has 3 aromatic carbocycles. The number of carbonyl (C=O) groups excluding carboxylic acids is 2. The second-order valence-corrected chi connectivity index (χ2v) is 9.19. The quantitative estimate of drug-likeness (QED) is 0.323. The first-order valence-corrected chi connectivity index (χ1v) is 12.1. The Balaban J connectivity index is 1.36. The van der Waals surface area contributed by atoms with Crippen molar-refractivity contribution in [2.45, 2.75) is 38.6 Å². The minimum absolute atomic E-state index is 0.0220. The molecule has 3 N–H and O–H groups in total. The third kappa shape index (κ3) is 5.00. The van der Waals surface area contributed by atoms with Crippen LogP contribution in [0.2, 0.25) is 0 Å². The lowest BCUT2D eigenvalue weighted by molar-refractivity contribution is 0.102. The van der Waals surface area contributed by atoms with Crippen LogP contribution in [-0.2, 0) is 6.54 Å². The fourth-order valence-electron chi connectivity index (χ4n) is 4.27. The molecule has 0 unspecified atom stereocenters. The van der Waals surface area contributed by atoms with E-state index in [0.717, 1.165) is 36.1 Å². The number of nitrogens with zero attached hydrogens (tertiary/aromatic N) is 2. The van der Waals surface area contributed by atoms with Gasteiger partial charge in [0.1, 0.15) is 5.75 Å². The summed E-state index contributed by atoms with van der Waals surface area (Å²) < 4.78 is 1.43. The summed E-state index contributed by atoms with van der Waals surface area (Å²) in [5.74, 6) is -0.0102. The van der Waals surface area contributed by atoms with Gasteiger partial charge >= 0.3 is 6.03 Å². The maximum atomic E-state index is 13.0. The molecule has 36 heavy (non-hydrogen) atoms. The Bertz CT molecular complexity index is 1390. The summed E-state index contributed by atoms with van der Waals surface area (Å²) in [7, 11) is 0. The summed E-state index contributed by atoms with van der Waals surface area (Å²) in [6, 6.07) is 23.5. The lowest BCUT2D eigenvalue weighted by Crippen LogP contribution is -2.31. The summed E-state index contributed by atoms with van der Waals surface area (Å²) in [4.78, 5) is 25.6. The maximum absolute atomic E-state index is 13.0. The van der Waals surface area contributed by atoms with Crippen molar-refractivity contribution in [3.8, 4) is 17.0 Å². The van der Waals surface area contributed by atoms with Gasteiger partial charge in [0.15, 0.2) is 0 Å². The maximum Gasteiger partial charge on any atom is 0.342 e. The summed E-state index contributed by atoms with van der Waals surface area (Å²) in [6.45, 7) is 2.36. The minimum Gasteiger partial charge on any atom is -0.507 e. The fourth-order valence-corrected chi connectivity index (χ4v) is 4.27. The third-order valence-electron chi connectivity index (χ3n) is 6.58. The summed E-state index contributed by atoms with van der Waals surface area (Å²) in [5.41, 5.74) is 4.94. The molecule has 1 aliphatic carbocycles. The van der Waals surface area contributed by atoms with Crippen LogP contribution in [0.25, 0.3) is 11.3 Å². The van der Waals surface area contributed by atoms with E-state index in [2.05, 4.69) is 15.7 Å².